The lowest BCUT2D eigenvalue weighted by atomic mass is 9.70. The van der Waals surface area contributed by atoms with Crippen LogP contribution in [0, 0.1) is 5.41 Å². The summed E-state index contributed by atoms with van der Waals surface area (Å²) in [5, 5.41) is 3.75. The van der Waals surface area contributed by atoms with Crippen LogP contribution in [0.1, 0.15) is 52.4 Å². The SMILES string of the molecule is CCC1CC(NCC2(C)CCC2)CCO1. The number of rotatable bonds is 4. The molecule has 0 amide bonds. The molecule has 2 nitrogen and oxygen atoms in total. The van der Waals surface area contributed by atoms with Gasteiger partial charge in [0.2, 0.25) is 0 Å². The summed E-state index contributed by atoms with van der Waals surface area (Å²) in [6.45, 7) is 6.81. The van der Waals surface area contributed by atoms with Crippen molar-refractivity contribution in [3.8, 4) is 0 Å². The van der Waals surface area contributed by atoms with Crippen molar-refractivity contribution in [1.29, 1.82) is 0 Å². The van der Waals surface area contributed by atoms with Gasteiger partial charge in [-0.1, -0.05) is 20.3 Å². The highest BCUT2D eigenvalue weighted by atomic mass is 16.5. The van der Waals surface area contributed by atoms with E-state index < -0.39 is 0 Å². The van der Waals surface area contributed by atoms with Crippen LogP contribution in [0.5, 0.6) is 0 Å². The zero-order chi connectivity index (χ0) is 10.7. The van der Waals surface area contributed by atoms with Gasteiger partial charge < -0.3 is 10.1 Å². The van der Waals surface area contributed by atoms with E-state index in [2.05, 4.69) is 19.2 Å². The summed E-state index contributed by atoms with van der Waals surface area (Å²) in [7, 11) is 0. The van der Waals surface area contributed by atoms with Gasteiger partial charge in [0.15, 0.2) is 0 Å². The Balaban J connectivity index is 1.69. The first-order valence-electron chi connectivity index (χ1n) is 6.57. The number of ether oxygens (including phenoxy) is 1. The highest BCUT2D eigenvalue weighted by Crippen LogP contribution is 2.39. The van der Waals surface area contributed by atoms with Gasteiger partial charge in [-0.15, -0.1) is 0 Å². The minimum Gasteiger partial charge on any atom is -0.378 e. The van der Waals surface area contributed by atoms with Crippen LogP contribution in [-0.2, 0) is 4.74 Å². The summed E-state index contributed by atoms with van der Waals surface area (Å²) in [5.74, 6) is 0. The van der Waals surface area contributed by atoms with E-state index in [1.807, 2.05) is 0 Å². The van der Waals surface area contributed by atoms with Crippen molar-refractivity contribution in [3.63, 3.8) is 0 Å². The Labute approximate surface area is 93.8 Å². The molecule has 15 heavy (non-hydrogen) atoms. The normalized spacial score (nSPS) is 34.8. The van der Waals surface area contributed by atoms with Crippen molar-refractivity contribution < 1.29 is 4.74 Å². The minimum absolute atomic E-state index is 0.505. The summed E-state index contributed by atoms with van der Waals surface area (Å²) in [4.78, 5) is 0. The molecule has 1 heterocycles. The summed E-state index contributed by atoms with van der Waals surface area (Å²) in [6.07, 6.45) is 8.35. The summed E-state index contributed by atoms with van der Waals surface area (Å²) >= 11 is 0. The van der Waals surface area contributed by atoms with E-state index in [4.69, 9.17) is 4.74 Å². The van der Waals surface area contributed by atoms with Crippen molar-refractivity contribution in [1.82, 2.24) is 5.32 Å². The monoisotopic (exact) mass is 211 g/mol. The van der Waals surface area contributed by atoms with E-state index in [0.29, 0.717) is 17.6 Å². The predicted molar refractivity (Wildman–Crippen MR) is 63.0 cm³/mol. The standard InChI is InChI=1S/C13H25NO/c1-3-12-9-11(5-8-15-12)14-10-13(2)6-4-7-13/h11-12,14H,3-10H2,1-2H3. The lowest BCUT2D eigenvalue weighted by Gasteiger charge is -2.40. The first-order valence-corrected chi connectivity index (χ1v) is 6.57. The number of hydrogen-bond donors (Lipinski definition) is 1. The van der Waals surface area contributed by atoms with E-state index in [9.17, 15) is 0 Å². The third-order valence-corrected chi connectivity index (χ3v) is 4.20. The molecule has 1 aliphatic heterocycles. The predicted octanol–water partition coefficient (Wildman–Crippen LogP) is 2.72. The molecule has 0 bridgehead atoms. The van der Waals surface area contributed by atoms with Gasteiger partial charge in [0.05, 0.1) is 6.10 Å². The maximum absolute atomic E-state index is 5.69. The fourth-order valence-electron chi connectivity index (χ4n) is 2.70. The molecule has 2 fully saturated rings. The van der Waals surface area contributed by atoms with Gasteiger partial charge in [-0.3, -0.25) is 0 Å². The molecule has 2 unspecified atom stereocenters. The van der Waals surface area contributed by atoms with Crippen LogP contribution in [0.15, 0.2) is 0 Å². The van der Waals surface area contributed by atoms with Crippen LogP contribution < -0.4 is 5.32 Å². The minimum atomic E-state index is 0.505. The van der Waals surface area contributed by atoms with Gasteiger partial charge in [0, 0.05) is 19.2 Å². The van der Waals surface area contributed by atoms with Crippen molar-refractivity contribution in [3.05, 3.63) is 0 Å². The summed E-state index contributed by atoms with van der Waals surface area (Å²) in [6, 6.07) is 0.709. The van der Waals surface area contributed by atoms with Crippen LogP contribution in [0.2, 0.25) is 0 Å². The maximum Gasteiger partial charge on any atom is 0.0587 e. The van der Waals surface area contributed by atoms with Crippen molar-refractivity contribution in [2.45, 2.75) is 64.5 Å². The molecule has 0 aromatic carbocycles. The molecule has 1 saturated heterocycles. The fraction of sp³-hybridized carbons (Fsp3) is 1.00. The third-order valence-electron chi connectivity index (χ3n) is 4.20. The average molecular weight is 211 g/mol. The number of hydrogen-bond acceptors (Lipinski definition) is 2. The van der Waals surface area contributed by atoms with E-state index in [0.717, 1.165) is 13.0 Å². The first kappa shape index (κ1) is 11.4. The fourth-order valence-corrected chi connectivity index (χ4v) is 2.70. The molecule has 88 valence electrons. The van der Waals surface area contributed by atoms with Crippen LogP contribution in [-0.4, -0.2) is 25.3 Å². The Morgan fingerprint density at radius 2 is 2.20 bits per heavy atom. The summed E-state index contributed by atoms with van der Waals surface area (Å²) in [5.41, 5.74) is 0.611. The molecule has 1 aliphatic carbocycles. The molecule has 0 radical (unpaired) electrons. The van der Waals surface area contributed by atoms with Crippen molar-refractivity contribution in [2.24, 2.45) is 5.41 Å². The van der Waals surface area contributed by atoms with Crippen molar-refractivity contribution >= 4 is 0 Å². The zero-order valence-corrected chi connectivity index (χ0v) is 10.2. The molecule has 2 heteroatoms. The molecule has 0 aromatic heterocycles. The highest BCUT2D eigenvalue weighted by molar-refractivity contribution is 4.87. The van der Waals surface area contributed by atoms with E-state index in [1.54, 1.807) is 0 Å². The molecular weight excluding hydrogens is 186 g/mol. The largest absolute Gasteiger partial charge is 0.378 e. The topological polar surface area (TPSA) is 21.3 Å². The second-order valence-corrected chi connectivity index (χ2v) is 5.67. The van der Waals surface area contributed by atoms with Crippen LogP contribution in [0.3, 0.4) is 0 Å². The Kier molecular flexibility index (Phi) is 3.68. The third kappa shape index (κ3) is 2.94. The van der Waals surface area contributed by atoms with Gasteiger partial charge in [-0.2, -0.15) is 0 Å². The van der Waals surface area contributed by atoms with Crippen LogP contribution in [0.4, 0.5) is 0 Å². The number of nitrogens with one attached hydrogen (secondary N) is 1. The average Bonchev–Trinajstić information content (AvgIpc) is 2.24. The highest BCUT2D eigenvalue weighted by Gasteiger charge is 2.32. The quantitative estimate of drug-likeness (QED) is 0.772. The van der Waals surface area contributed by atoms with E-state index in [-0.39, 0.29) is 0 Å². The molecule has 2 rings (SSSR count). The summed E-state index contributed by atoms with van der Waals surface area (Å²) < 4.78 is 5.69. The van der Waals surface area contributed by atoms with E-state index in [1.165, 1.54) is 38.6 Å². The van der Waals surface area contributed by atoms with Gasteiger partial charge >= 0.3 is 0 Å². The zero-order valence-electron chi connectivity index (χ0n) is 10.2. The Morgan fingerprint density at radius 1 is 1.40 bits per heavy atom. The Hall–Kier alpha value is -0.0800. The second kappa shape index (κ2) is 4.84. The molecule has 0 spiro atoms. The van der Waals surface area contributed by atoms with E-state index >= 15 is 0 Å². The first-order chi connectivity index (χ1) is 7.22. The molecular formula is C13H25NO. The lowest BCUT2D eigenvalue weighted by Crippen LogP contribution is -2.45. The van der Waals surface area contributed by atoms with Gasteiger partial charge in [-0.25, -0.2) is 0 Å². The molecule has 0 aromatic rings. The molecule has 1 N–H and O–H groups in total. The Morgan fingerprint density at radius 3 is 2.80 bits per heavy atom. The lowest BCUT2D eigenvalue weighted by molar-refractivity contribution is -0.00344. The second-order valence-electron chi connectivity index (χ2n) is 5.67. The van der Waals surface area contributed by atoms with Gasteiger partial charge in [-0.05, 0) is 37.5 Å². The smallest absolute Gasteiger partial charge is 0.0587 e. The molecule has 2 aliphatic rings. The maximum atomic E-state index is 5.69. The molecule has 1 saturated carbocycles. The molecule has 2 atom stereocenters. The van der Waals surface area contributed by atoms with Crippen LogP contribution in [0.25, 0.3) is 0 Å². The van der Waals surface area contributed by atoms with Gasteiger partial charge in [0.1, 0.15) is 0 Å². The van der Waals surface area contributed by atoms with Crippen LogP contribution >= 0.6 is 0 Å². The van der Waals surface area contributed by atoms with Crippen molar-refractivity contribution in [2.75, 3.05) is 13.2 Å². The van der Waals surface area contributed by atoms with Gasteiger partial charge in [0.25, 0.3) is 0 Å². The Bertz CT molecular complexity index is 201.